The minimum Gasteiger partial charge on any atom is -0.495 e. The monoisotopic (exact) mass is 421 g/mol. The Hall–Kier alpha value is -2.64. The lowest BCUT2D eigenvalue weighted by Gasteiger charge is -2.19. The smallest absolute Gasteiger partial charge is 0.232 e. The van der Waals surface area contributed by atoms with Gasteiger partial charge in [0.25, 0.3) is 0 Å². The van der Waals surface area contributed by atoms with Gasteiger partial charge in [-0.3, -0.25) is 4.79 Å². The minimum absolute atomic E-state index is 0.0139. The molecule has 1 amide bonds. The molecule has 1 aliphatic rings. The molecular weight excluding hydrogens is 408 g/mol. The standard InChI is InChI=1S/C19H14Cl2FN3O3/c1-27-16-5-3-12(20)8-15(16)25-9-11(7-17(25)26)19-23-18(24-28-19)10-2-4-13(21)14(22)6-10/h2-6,8,11H,7,9H2,1H3. The molecule has 6 nitrogen and oxygen atoms in total. The molecule has 1 atom stereocenters. The zero-order chi connectivity index (χ0) is 19.8. The Morgan fingerprint density at radius 1 is 1.25 bits per heavy atom. The Balaban J connectivity index is 1.59. The van der Waals surface area contributed by atoms with Gasteiger partial charge in [0.15, 0.2) is 0 Å². The van der Waals surface area contributed by atoms with Crippen LogP contribution >= 0.6 is 23.2 Å². The molecule has 0 aliphatic carbocycles. The zero-order valence-electron chi connectivity index (χ0n) is 14.7. The second-order valence-corrected chi connectivity index (χ2v) is 7.15. The highest BCUT2D eigenvalue weighted by Gasteiger charge is 2.36. The van der Waals surface area contributed by atoms with Crippen molar-refractivity contribution in [2.24, 2.45) is 0 Å². The lowest BCUT2D eigenvalue weighted by atomic mass is 10.1. The second-order valence-electron chi connectivity index (χ2n) is 6.31. The number of hydrogen-bond donors (Lipinski definition) is 0. The van der Waals surface area contributed by atoms with Gasteiger partial charge in [0.2, 0.25) is 17.6 Å². The number of carbonyl (C=O) groups is 1. The molecule has 0 bridgehead atoms. The number of hydrogen-bond acceptors (Lipinski definition) is 5. The van der Waals surface area contributed by atoms with Crippen LogP contribution in [0.15, 0.2) is 40.9 Å². The summed E-state index contributed by atoms with van der Waals surface area (Å²) in [6, 6.07) is 9.34. The molecule has 1 unspecified atom stereocenters. The van der Waals surface area contributed by atoms with Crippen molar-refractivity contribution in [3.63, 3.8) is 0 Å². The first kappa shape index (κ1) is 18.7. The average molecular weight is 422 g/mol. The highest BCUT2D eigenvalue weighted by atomic mass is 35.5. The summed E-state index contributed by atoms with van der Waals surface area (Å²) in [4.78, 5) is 18.5. The molecule has 2 heterocycles. The number of nitrogens with zero attached hydrogens (tertiary/aromatic N) is 3. The molecule has 1 fully saturated rings. The molecule has 0 N–H and O–H groups in total. The van der Waals surface area contributed by atoms with Crippen LogP contribution in [0, 0.1) is 5.82 Å². The first-order valence-electron chi connectivity index (χ1n) is 8.39. The van der Waals surface area contributed by atoms with Crippen molar-refractivity contribution in [3.8, 4) is 17.1 Å². The van der Waals surface area contributed by atoms with E-state index in [1.807, 2.05) is 0 Å². The van der Waals surface area contributed by atoms with Crippen molar-refractivity contribution < 1.29 is 18.4 Å². The van der Waals surface area contributed by atoms with Gasteiger partial charge in [-0.1, -0.05) is 28.4 Å². The SMILES string of the molecule is COc1ccc(Cl)cc1N1CC(c2nc(-c3ccc(Cl)c(F)c3)no2)CC1=O. The number of benzene rings is 2. The molecule has 1 aromatic heterocycles. The number of amides is 1. The van der Waals surface area contributed by atoms with Crippen LogP contribution in [0.25, 0.3) is 11.4 Å². The highest BCUT2D eigenvalue weighted by molar-refractivity contribution is 6.31. The van der Waals surface area contributed by atoms with E-state index in [1.54, 1.807) is 29.2 Å². The molecule has 28 heavy (non-hydrogen) atoms. The van der Waals surface area contributed by atoms with E-state index < -0.39 is 5.82 Å². The molecule has 3 aromatic rings. The van der Waals surface area contributed by atoms with Gasteiger partial charge in [0.1, 0.15) is 11.6 Å². The van der Waals surface area contributed by atoms with Crippen LogP contribution in [0.1, 0.15) is 18.2 Å². The van der Waals surface area contributed by atoms with Crippen LogP contribution in [-0.4, -0.2) is 29.7 Å². The lowest BCUT2D eigenvalue weighted by molar-refractivity contribution is -0.117. The fourth-order valence-electron chi connectivity index (χ4n) is 3.13. The van der Waals surface area contributed by atoms with Gasteiger partial charge in [-0.05, 0) is 36.4 Å². The summed E-state index contributed by atoms with van der Waals surface area (Å²) in [6.07, 6.45) is 0.201. The van der Waals surface area contributed by atoms with E-state index in [0.29, 0.717) is 34.5 Å². The molecule has 4 rings (SSSR count). The van der Waals surface area contributed by atoms with Crippen LogP contribution < -0.4 is 9.64 Å². The van der Waals surface area contributed by atoms with Gasteiger partial charge in [0, 0.05) is 23.6 Å². The van der Waals surface area contributed by atoms with E-state index in [1.165, 1.54) is 19.2 Å². The van der Waals surface area contributed by atoms with E-state index in [4.69, 9.17) is 32.5 Å². The summed E-state index contributed by atoms with van der Waals surface area (Å²) in [7, 11) is 1.53. The number of rotatable bonds is 4. The van der Waals surface area contributed by atoms with Crippen LogP contribution in [0.5, 0.6) is 5.75 Å². The van der Waals surface area contributed by atoms with E-state index in [0.717, 1.165) is 0 Å². The molecule has 9 heteroatoms. The average Bonchev–Trinajstić information content (AvgIpc) is 3.31. The Morgan fingerprint density at radius 2 is 2.07 bits per heavy atom. The van der Waals surface area contributed by atoms with E-state index >= 15 is 0 Å². The van der Waals surface area contributed by atoms with Crippen molar-refractivity contribution in [2.45, 2.75) is 12.3 Å². The Labute approximate surface area is 169 Å². The molecule has 0 saturated carbocycles. The van der Waals surface area contributed by atoms with Crippen molar-refractivity contribution in [3.05, 3.63) is 58.2 Å². The van der Waals surface area contributed by atoms with Gasteiger partial charge < -0.3 is 14.2 Å². The van der Waals surface area contributed by atoms with Crippen LogP contribution in [0.3, 0.4) is 0 Å². The predicted octanol–water partition coefficient (Wildman–Crippen LogP) is 4.71. The molecule has 1 aliphatic heterocycles. The maximum absolute atomic E-state index is 13.7. The molecule has 1 saturated heterocycles. The van der Waals surface area contributed by atoms with Crippen LogP contribution in [0.4, 0.5) is 10.1 Å². The van der Waals surface area contributed by atoms with Crippen molar-refractivity contribution in [2.75, 3.05) is 18.6 Å². The summed E-state index contributed by atoms with van der Waals surface area (Å²) < 4.78 is 24.3. The Bertz CT molecular complexity index is 1060. The second kappa shape index (κ2) is 7.41. The summed E-state index contributed by atoms with van der Waals surface area (Å²) in [5.74, 6) is 0.110. The summed E-state index contributed by atoms with van der Waals surface area (Å²) in [5, 5.41) is 4.41. The van der Waals surface area contributed by atoms with Gasteiger partial charge in [-0.25, -0.2) is 4.39 Å². The zero-order valence-corrected chi connectivity index (χ0v) is 16.2. The van der Waals surface area contributed by atoms with E-state index in [2.05, 4.69) is 10.1 Å². The fourth-order valence-corrected chi connectivity index (χ4v) is 3.42. The Kier molecular flexibility index (Phi) is 4.95. The fraction of sp³-hybridized carbons (Fsp3) is 0.211. The first-order chi connectivity index (χ1) is 13.5. The third-order valence-electron chi connectivity index (χ3n) is 4.53. The number of anilines is 1. The lowest BCUT2D eigenvalue weighted by Crippen LogP contribution is -2.24. The molecule has 0 spiro atoms. The van der Waals surface area contributed by atoms with Crippen molar-refractivity contribution in [1.29, 1.82) is 0 Å². The van der Waals surface area contributed by atoms with Gasteiger partial charge in [-0.2, -0.15) is 4.98 Å². The highest BCUT2D eigenvalue weighted by Crippen LogP contribution is 2.38. The first-order valence-corrected chi connectivity index (χ1v) is 9.15. The third-order valence-corrected chi connectivity index (χ3v) is 5.07. The van der Waals surface area contributed by atoms with Gasteiger partial charge >= 0.3 is 0 Å². The number of ether oxygens (including phenoxy) is 1. The molecular formula is C19H14Cl2FN3O3. The Morgan fingerprint density at radius 3 is 2.82 bits per heavy atom. The summed E-state index contributed by atoms with van der Waals surface area (Å²) in [5.41, 5.74) is 1.02. The maximum atomic E-state index is 13.7. The predicted molar refractivity (Wildman–Crippen MR) is 102 cm³/mol. The number of aromatic nitrogens is 2. The quantitative estimate of drug-likeness (QED) is 0.609. The minimum atomic E-state index is -0.569. The molecule has 144 valence electrons. The summed E-state index contributed by atoms with van der Waals surface area (Å²) >= 11 is 11.8. The topological polar surface area (TPSA) is 68.5 Å². The van der Waals surface area contributed by atoms with Gasteiger partial charge in [-0.15, -0.1) is 0 Å². The van der Waals surface area contributed by atoms with E-state index in [-0.39, 0.29) is 29.1 Å². The van der Waals surface area contributed by atoms with Crippen molar-refractivity contribution >= 4 is 34.8 Å². The normalized spacial score (nSPS) is 16.6. The van der Waals surface area contributed by atoms with E-state index in [9.17, 15) is 9.18 Å². The third kappa shape index (κ3) is 3.43. The van der Waals surface area contributed by atoms with Crippen molar-refractivity contribution in [1.82, 2.24) is 10.1 Å². The van der Waals surface area contributed by atoms with Gasteiger partial charge in [0.05, 0.1) is 23.7 Å². The van der Waals surface area contributed by atoms with Crippen LogP contribution in [0.2, 0.25) is 10.0 Å². The number of carbonyl (C=O) groups excluding carboxylic acids is 1. The number of halogens is 3. The molecule has 0 radical (unpaired) electrons. The maximum Gasteiger partial charge on any atom is 0.232 e. The summed E-state index contributed by atoms with van der Waals surface area (Å²) in [6.45, 7) is 0.339. The van der Waals surface area contributed by atoms with Crippen LogP contribution in [-0.2, 0) is 4.79 Å². The number of methoxy groups -OCH3 is 1. The molecule has 2 aromatic carbocycles. The largest absolute Gasteiger partial charge is 0.495 e.